The Morgan fingerprint density at radius 1 is 1.32 bits per heavy atom. The number of hydrogen-bond donors (Lipinski definition) is 1. The van der Waals surface area contributed by atoms with E-state index in [0.717, 1.165) is 0 Å². The van der Waals surface area contributed by atoms with E-state index in [1.54, 1.807) is 6.33 Å². The van der Waals surface area contributed by atoms with Gasteiger partial charge in [0.1, 0.15) is 0 Å². The number of H-pyrrole nitrogens is 1. The molecule has 0 amide bonds. The Kier molecular flexibility index (Phi) is 5.11. The summed E-state index contributed by atoms with van der Waals surface area (Å²) < 4.78 is 0. The van der Waals surface area contributed by atoms with Crippen LogP contribution in [0.15, 0.2) is 30.7 Å². The maximum Gasteiger partial charge on any atom is 0.0921 e. The maximum atomic E-state index is 8.33. The summed E-state index contributed by atoms with van der Waals surface area (Å²) in [5.74, 6) is 0.382. The minimum atomic E-state index is -2.33. The van der Waals surface area contributed by atoms with Gasteiger partial charge in [0.05, 0.1) is 6.33 Å². The third-order valence-corrected chi connectivity index (χ3v) is 3.10. The van der Waals surface area contributed by atoms with E-state index in [4.69, 9.17) is 15.0 Å². The molecule has 0 aliphatic heterocycles. The quantitative estimate of drug-likeness (QED) is 0.861. The molecule has 0 radical (unpaired) electrons. The number of benzene rings is 1. The van der Waals surface area contributed by atoms with Crippen LogP contribution in [0.1, 0.15) is 35.2 Å². The van der Waals surface area contributed by atoms with Gasteiger partial charge in [-0.05, 0) is 36.7 Å². The second-order valence-corrected chi connectivity index (χ2v) is 4.27. The highest BCUT2D eigenvalue weighted by Gasteiger charge is 2.12. The van der Waals surface area contributed by atoms with E-state index in [-0.39, 0.29) is 0 Å². The van der Waals surface area contributed by atoms with Crippen LogP contribution in [-0.4, -0.2) is 16.1 Å². The fourth-order valence-corrected chi connectivity index (χ4v) is 1.91. The molecule has 5 nitrogen and oxygen atoms in total. The van der Waals surface area contributed by atoms with E-state index in [2.05, 4.69) is 48.9 Å². The second kappa shape index (κ2) is 6.58. The van der Waals surface area contributed by atoms with Gasteiger partial charge in [0.25, 0.3) is 0 Å². The topological polar surface area (TPSA) is 91.9 Å². The van der Waals surface area contributed by atoms with Crippen molar-refractivity contribution in [3.05, 3.63) is 53.1 Å². The van der Waals surface area contributed by atoms with Gasteiger partial charge in [-0.25, -0.2) is 4.98 Å². The number of aromatic amines is 1. The molecule has 1 atom stereocenters. The number of carbonyl (C=O) groups excluding carboxylic acids is 1. The average Bonchev–Trinajstić information content (AvgIpc) is 2.85. The highest BCUT2D eigenvalue weighted by atomic mass is 16.6. The number of nitrogens with zero attached hydrogens (tertiary/aromatic N) is 1. The lowest BCUT2D eigenvalue weighted by molar-refractivity contribution is -0.415. The van der Waals surface area contributed by atoms with Crippen molar-refractivity contribution in [2.24, 2.45) is 0 Å². The molecule has 1 aromatic heterocycles. The Morgan fingerprint density at radius 2 is 1.95 bits per heavy atom. The Morgan fingerprint density at radius 3 is 2.47 bits per heavy atom. The number of carboxylic acid groups (broad SMARTS) is 2. The average molecular weight is 260 g/mol. The van der Waals surface area contributed by atoms with Crippen molar-refractivity contribution >= 4 is 6.16 Å². The monoisotopic (exact) mass is 260 g/mol. The molecular weight excluding hydrogens is 244 g/mol. The van der Waals surface area contributed by atoms with Crippen LogP contribution in [0.5, 0.6) is 0 Å². The second-order valence-electron chi connectivity index (χ2n) is 4.27. The van der Waals surface area contributed by atoms with E-state index in [1.165, 1.54) is 22.4 Å². The zero-order valence-corrected chi connectivity index (χ0v) is 11.1. The molecule has 102 valence electrons. The summed E-state index contributed by atoms with van der Waals surface area (Å²) >= 11 is 0. The van der Waals surface area contributed by atoms with Gasteiger partial charge < -0.3 is 20.0 Å². The Balaban J connectivity index is 0.000000399. The van der Waals surface area contributed by atoms with Crippen LogP contribution in [0.4, 0.5) is 4.79 Å². The molecule has 5 heteroatoms. The van der Waals surface area contributed by atoms with Crippen molar-refractivity contribution in [3.8, 4) is 0 Å². The van der Waals surface area contributed by atoms with Gasteiger partial charge in [0.2, 0.25) is 0 Å². The first-order valence-corrected chi connectivity index (χ1v) is 5.85. The van der Waals surface area contributed by atoms with Crippen molar-refractivity contribution in [2.75, 3.05) is 0 Å². The normalized spacial score (nSPS) is 11.3. The van der Waals surface area contributed by atoms with Gasteiger partial charge in [-0.15, -0.1) is 0 Å². The minimum absolute atomic E-state index is 0.382. The molecule has 0 saturated carbocycles. The molecule has 19 heavy (non-hydrogen) atoms. The van der Waals surface area contributed by atoms with Crippen molar-refractivity contribution in [2.45, 2.75) is 26.7 Å². The molecule has 2 aromatic rings. The van der Waals surface area contributed by atoms with E-state index < -0.39 is 6.16 Å². The summed E-state index contributed by atoms with van der Waals surface area (Å²) in [4.78, 5) is 15.6. The van der Waals surface area contributed by atoms with E-state index in [1.807, 2.05) is 6.20 Å². The summed E-state index contributed by atoms with van der Waals surface area (Å²) in [5, 5.41) is 16.7. The SMILES string of the molecule is Cc1cccc([C@H](C)c2cnc[nH]2)c1C.O=C([O-])[O-]. The minimum Gasteiger partial charge on any atom is -0.652 e. The summed E-state index contributed by atoms with van der Waals surface area (Å²) in [6.07, 6.45) is 1.30. The Labute approximate surface area is 111 Å². The van der Waals surface area contributed by atoms with Crippen molar-refractivity contribution in [1.82, 2.24) is 9.97 Å². The molecule has 1 aromatic carbocycles. The number of aryl methyl sites for hydroxylation is 1. The largest absolute Gasteiger partial charge is 0.652 e. The number of nitrogens with one attached hydrogen (secondary N) is 1. The first-order chi connectivity index (χ1) is 8.93. The number of hydrogen-bond acceptors (Lipinski definition) is 4. The van der Waals surface area contributed by atoms with Gasteiger partial charge in [-0.3, -0.25) is 0 Å². The molecule has 0 aliphatic rings. The zero-order valence-electron chi connectivity index (χ0n) is 11.1. The standard InChI is InChI=1S/C13H16N2.CH2O3/c1-9-5-4-6-12(10(9)2)11(3)13-7-14-8-15-13;2-1(3)4/h4-8,11H,1-3H3,(H,14,15);(H2,2,3,4)/p-2/t11-;/m0./s1. The van der Waals surface area contributed by atoms with Crippen LogP contribution in [0, 0.1) is 13.8 Å². The predicted octanol–water partition coefficient (Wildman–Crippen LogP) is 0.731. The number of rotatable bonds is 2. The Bertz CT molecular complexity index is 532. The van der Waals surface area contributed by atoms with Crippen molar-refractivity contribution in [1.29, 1.82) is 0 Å². The lowest BCUT2D eigenvalue weighted by Gasteiger charge is -2.14. The molecule has 0 aliphatic carbocycles. The van der Waals surface area contributed by atoms with Crippen LogP contribution in [-0.2, 0) is 0 Å². The molecule has 1 N–H and O–H groups in total. The Hall–Kier alpha value is -2.30. The van der Waals surface area contributed by atoms with Crippen molar-refractivity contribution < 1.29 is 15.0 Å². The van der Waals surface area contributed by atoms with E-state index in [0.29, 0.717) is 5.92 Å². The molecule has 0 fully saturated rings. The van der Waals surface area contributed by atoms with Gasteiger partial charge in [-0.2, -0.15) is 0 Å². The first kappa shape index (κ1) is 14.8. The van der Waals surface area contributed by atoms with Gasteiger partial charge in [0, 0.05) is 17.8 Å². The van der Waals surface area contributed by atoms with Crippen LogP contribution >= 0.6 is 0 Å². The van der Waals surface area contributed by atoms with Crippen molar-refractivity contribution in [3.63, 3.8) is 0 Å². The van der Waals surface area contributed by atoms with Gasteiger partial charge in [-0.1, -0.05) is 25.1 Å². The highest BCUT2D eigenvalue weighted by Crippen LogP contribution is 2.26. The van der Waals surface area contributed by atoms with Gasteiger partial charge in [0.15, 0.2) is 0 Å². The van der Waals surface area contributed by atoms with Crippen LogP contribution in [0.2, 0.25) is 0 Å². The fourth-order valence-electron chi connectivity index (χ4n) is 1.91. The third kappa shape index (κ3) is 4.13. The molecule has 0 spiro atoms. The lowest BCUT2D eigenvalue weighted by Crippen LogP contribution is -2.37. The summed E-state index contributed by atoms with van der Waals surface area (Å²) in [6.45, 7) is 6.53. The highest BCUT2D eigenvalue weighted by molar-refractivity contribution is 5.47. The molecule has 0 saturated heterocycles. The van der Waals surface area contributed by atoms with Gasteiger partial charge >= 0.3 is 0 Å². The number of aromatic nitrogens is 2. The first-order valence-electron chi connectivity index (χ1n) is 5.85. The number of carbonyl (C=O) groups is 1. The number of imidazole rings is 1. The fraction of sp³-hybridized carbons (Fsp3) is 0.286. The molecule has 1 heterocycles. The molecule has 0 bridgehead atoms. The molecular formula is C14H16N2O3-2. The smallest absolute Gasteiger partial charge is 0.0921 e. The predicted molar refractivity (Wildman–Crippen MR) is 67.4 cm³/mol. The molecule has 0 unspecified atom stereocenters. The van der Waals surface area contributed by atoms with Crippen LogP contribution in [0.3, 0.4) is 0 Å². The third-order valence-electron chi connectivity index (χ3n) is 3.10. The van der Waals surface area contributed by atoms with Crippen LogP contribution in [0.25, 0.3) is 0 Å². The van der Waals surface area contributed by atoms with E-state index >= 15 is 0 Å². The summed E-state index contributed by atoms with van der Waals surface area (Å²) in [6, 6.07) is 6.46. The van der Waals surface area contributed by atoms with Crippen LogP contribution < -0.4 is 10.2 Å². The summed E-state index contributed by atoms with van der Waals surface area (Å²) in [7, 11) is 0. The maximum absolute atomic E-state index is 8.33. The lowest BCUT2D eigenvalue weighted by atomic mass is 9.92. The van der Waals surface area contributed by atoms with E-state index in [9.17, 15) is 0 Å². The molecule has 2 rings (SSSR count). The summed E-state index contributed by atoms with van der Waals surface area (Å²) in [5.41, 5.74) is 5.27. The zero-order chi connectivity index (χ0) is 14.4.